The van der Waals surface area contributed by atoms with E-state index in [0.717, 1.165) is 9.80 Å². The molecule has 12 N–H and O–H groups in total. The van der Waals surface area contributed by atoms with Crippen LogP contribution in [0, 0.1) is 5.92 Å². The molecule has 2 rings (SSSR count). The van der Waals surface area contributed by atoms with Gasteiger partial charge in [0.05, 0.1) is 18.6 Å². The van der Waals surface area contributed by atoms with Crippen molar-refractivity contribution in [1.82, 2.24) is 36.4 Å². The Kier molecular flexibility index (Phi) is 21.7. The highest BCUT2D eigenvalue weighted by atomic mass is 32.2. The van der Waals surface area contributed by atoms with E-state index in [9.17, 15) is 58.5 Å². The summed E-state index contributed by atoms with van der Waals surface area (Å²) in [7, 11) is 0. The number of nitrogens with two attached hydrogens (primary N) is 2. The monoisotopic (exact) mass is 871 g/mol. The van der Waals surface area contributed by atoms with Gasteiger partial charge in [-0.1, -0.05) is 13.8 Å². The zero-order valence-corrected chi connectivity index (χ0v) is 36.0. The second-order valence-electron chi connectivity index (χ2n) is 15.8. The van der Waals surface area contributed by atoms with Crippen LogP contribution in [-0.4, -0.2) is 164 Å². The minimum Gasteiger partial charge on any atom is -0.481 e. The lowest BCUT2D eigenvalue weighted by molar-refractivity contribution is -0.151. The number of carboxylic acid groups (broad SMARTS) is 2. The van der Waals surface area contributed by atoms with Crippen molar-refractivity contribution < 1.29 is 58.5 Å². The zero-order chi connectivity index (χ0) is 45.3. The second-order valence-corrected chi connectivity index (χ2v) is 16.7. The van der Waals surface area contributed by atoms with Crippen molar-refractivity contribution >= 4 is 65.1 Å². The fourth-order valence-corrected chi connectivity index (χ4v) is 7.56. The lowest BCUT2D eigenvalue weighted by Crippen LogP contribution is -2.61. The van der Waals surface area contributed by atoms with E-state index in [2.05, 4.69) is 26.6 Å². The number of carbonyl (C=O) groups excluding carboxylic acids is 7. The Morgan fingerprint density at radius 1 is 0.717 bits per heavy atom. The van der Waals surface area contributed by atoms with Gasteiger partial charge in [0.2, 0.25) is 41.4 Å². The van der Waals surface area contributed by atoms with E-state index in [1.54, 1.807) is 6.26 Å². The summed E-state index contributed by atoms with van der Waals surface area (Å²) >= 11 is 1.35. The number of hydrogen-bond donors (Lipinski definition) is 10. The van der Waals surface area contributed by atoms with Crippen LogP contribution in [0.5, 0.6) is 0 Å². The predicted molar refractivity (Wildman–Crippen MR) is 220 cm³/mol. The molecular weight excluding hydrogens is 807 g/mol. The third kappa shape index (κ3) is 15.8. The molecule has 7 amide bonds. The topological polar surface area (TPSA) is 333 Å². The highest BCUT2D eigenvalue weighted by Gasteiger charge is 2.43. The second kappa shape index (κ2) is 25.3. The molecule has 0 unspecified atom stereocenters. The molecule has 60 heavy (non-hydrogen) atoms. The van der Waals surface area contributed by atoms with Crippen LogP contribution >= 0.6 is 11.8 Å². The normalized spacial score (nSPS) is 19.9. The standard InChI is InChI=1S/C38H65N9O12S/c1-20(2)18-23(40)32(52)43-24(10-6-7-14-39)33(53)41-21(3)31(51)42-25(13-17-60-5)34(54)44-26(19-29(49)50)36(56)46-15-8-11-27(46)35(55)45-30(22(4)48)37(57)47-16-9-12-28(47)38(58)59/h20-28,30,48H,6-19,39-40H2,1-5H3,(H,41,53)(H,42,51)(H,43,52)(H,44,54)(H,45,55)(H,49,50)(H,58,59)/t21-,22+,23-,24-,25-,26-,27-,28-,30-/m0/s1. The number of carboxylic acids is 2. The molecule has 0 radical (unpaired) electrons. The SMILES string of the molecule is CSCC[C@H](NC(=O)[C@H](C)NC(=O)[C@H](CCCCN)NC(=O)[C@@H](N)CC(C)C)C(=O)N[C@@H](CC(=O)O)C(=O)N1CCC[C@H]1C(=O)N[C@H](C(=O)N1CCC[C@H]1C(=O)O)[C@@H](C)O. The summed E-state index contributed by atoms with van der Waals surface area (Å²) < 4.78 is 0. The van der Waals surface area contributed by atoms with Crippen LogP contribution in [0.4, 0.5) is 0 Å². The van der Waals surface area contributed by atoms with E-state index in [1.807, 2.05) is 13.8 Å². The molecule has 340 valence electrons. The van der Waals surface area contributed by atoms with Gasteiger partial charge in [0.15, 0.2) is 0 Å². The number of aliphatic carboxylic acids is 2. The average Bonchev–Trinajstić information content (AvgIpc) is 3.88. The fraction of sp³-hybridized carbons (Fsp3) is 0.763. The number of carbonyl (C=O) groups is 9. The molecule has 0 saturated carbocycles. The van der Waals surface area contributed by atoms with Gasteiger partial charge in [-0.15, -0.1) is 0 Å². The molecule has 21 nitrogen and oxygen atoms in total. The third-order valence-electron chi connectivity index (χ3n) is 10.3. The summed E-state index contributed by atoms with van der Waals surface area (Å²) in [6.45, 7) is 6.89. The summed E-state index contributed by atoms with van der Waals surface area (Å²) in [5, 5.41) is 42.3. The highest BCUT2D eigenvalue weighted by Crippen LogP contribution is 2.22. The molecular formula is C38H65N9O12S. The van der Waals surface area contributed by atoms with Crippen LogP contribution in [0.2, 0.25) is 0 Å². The molecule has 2 aliphatic heterocycles. The van der Waals surface area contributed by atoms with Crippen LogP contribution < -0.4 is 38.1 Å². The minimum atomic E-state index is -1.69. The Bertz CT molecular complexity index is 1540. The van der Waals surface area contributed by atoms with Crippen LogP contribution in [0.25, 0.3) is 0 Å². The number of nitrogens with one attached hydrogen (secondary N) is 5. The molecule has 0 aromatic heterocycles. The molecule has 2 aliphatic rings. The molecule has 0 aliphatic carbocycles. The maximum Gasteiger partial charge on any atom is 0.326 e. The van der Waals surface area contributed by atoms with Gasteiger partial charge in [0.25, 0.3) is 0 Å². The number of thioether (sulfide) groups is 1. The minimum absolute atomic E-state index is 0.00933. The van der Waals surface area contributed by atoms with Crippen molar-refractivity contribution in [3.8, 4) is 0 Å². The predicted octanol–water partition coefficient (Wildman–Crippen LogP) is -2.39. The Labute approximate surface area is 354 Å². The number of nitrogens with zero attached hydrogens (tertiary/aromatic N) is 2. The van der Waals surface area contributed by atoms with Gasteiger partial charge in [0.1, 0.15) is 42.3 Å². The van der Waals surface area contributed by atoms with Crippen molar-refractivity contribution in [1.29, 1.82) is 0 Å². The Balaban J connectivity index is 2.21. The molecule has 2 saturated heterocycles. The van der Waals surface area contributed by atoms with Gasteiger partial charge in [-0.3, -0.25) is 38.4 Å². The van der Waals surface area contributed by atoms with Gasteiger partial charge in [-0.25, -0.2) is 4.79 Å². The first kappa shape index (κ1) is 51.6. The molecule has 0 aromatic carbocycles. The van der Waals surface area contributed by atoms with E-state index in [0.29, 0.717) is 44.4 Å². The van der Waals surface area contributed by atoms with Gasteiger partial charge in [0, 0.05) is 13.1 Å². The van der Waals surface area contributed by atoms with Gasteiger partial charge >= 0.3 is 11.9 Å². The van der Waals surface area contributed by atoms with Gasteiger partial charge < -0.3 is 63.2 Å². The average molecular weight is 872 g/mol. The third-order valence-corrected chi connectivity index (χ3v) is 11.0. The van der Waals surface area contributed by atoms with Crippen molar-refractivity contribution in [2.45, 2.75) is 146 Å². The molecule has 0 aromatic rings. The van der Waals surface area contributed by atoms with Gasteiger partial charge in [-0.05, 0) is 96.1 Å². The summed E-state index contributed by atoms with van der Waals surface area (Å²) in [6.07, 6.45) is 2.18. The molecule has 22 heteroatoms. The maximum absolute atomic E-state index is 13.9. The number of unbranched alkanes of at least 4 members (excludes halogenated alkanes) is 1. The summed E-state index contributed by atoms with van der Waals surface area (Å²) in [6, 6.07) is -9.97. The van der Waals surface area contributed by atoms with E-state index >= 15 is 0 Å². The van der Waals surface area contributed by atoms with Crippen LogP contribution in [0.15, 0.2) is 0 Å². The number of likely N-dealkylation sites (tertiary alicyclic amines) is 2. The number of amides is 7. The maximum atomic E-state index is 13.9. The van der Waals surface area contributed by atoms with Gasteiger partial charge in [-0.2, -0.15) is 11.8 Å². The number of aliphatic hydroxyl groups excluding tert-OH is 1. The molecule has 2 heterocycles. The first-order valence-electron chi connectivity index (χ1n) is 20.4. The van der Waals surface area contributed by atoms with E-state index in [-0.39, 0.29) is 44.7 Å². The number of aliphatic hydroxyl groups is 1. The summed E-state index contributed by atoms with van der Waals surface area (Å²) in [5.41, 5.74) is 11.6. The lowest BCUT2D eigenvalue weighted by atomic mass is 10.0. The number of hydrogen-bond acceptors (Lipinski definition) is 13. The zero-order valence-electron chi connectivity index (χ0n) is 35.1. The van der Waals surface area contributed by atoms with E-state index < -0.39 is 114 Å². The quantitative estimate of drug-likeness (QED) is 0.0428. The van der Waals surface area contributed by atoms with Crippen LogP contribution in [-0.2, 0) is 43.2 Å². The largest absolute Gasteiger partial charge is 0.481 e. The van der Waals surface area contributed by atoms with Crippen LogP contribution in [0.1, 0.15) is 91.9 Å². The molecule has 9 atom stereocenters. The Hall–Kier alpha value is -4.54. The van der Waals surface area contributed by atoms with E-state index in [1.165, 1.54) is 25.6 Å². The molecule has 0 spiro atoms. The van der Waals surface area contributed by atoms with Crippen molar-refractivity contribution in [2.24, 2.45) is 17.4 Å². The van der Waals surface area contributed by atoms with Crippen molar-refractivity contribution in [3.63, 3.8) is 0 Å². The lowest BCUT2D eigenvalue weighted by Gasteiger charge is -2.32. The molecule has 0 bridgehead atoms. The summed E-state index contributed by atoms with van der Waals surface area (Å²) in [4.78, 5) is 120. The smallest absolute Gasteiger partial charge is 0.326 e. The molecule has 2 fully saturated rings. The Morgan fingerprint density at radius 2 is 1.27 bits per heavy atom. The van der Waals surface area contributed by atoms with Crippen LogP contribution in [0.3, 0.4) is 0 Å². The Morgan fingerprint density at radius 3 is 1.82 bits per heavy atom. The summed E-state index contributed by atoms with van der Waals surface area (Å²) in [5.74, 6) is -7.64. The highest BCUT2D eigenvalue weighted by molar-refractivity contribution is 7.98. The number of rotatable bonds is 25. The first-order valence-corrected chi connectivity index (χ1v) is 21.8. The van der Waals surface area contributed by atoms with Crippen molar-refractivity contribution in [2.75, 3.05) is 31.6 Å². The first-order chi connectivity index (χ1) is 28.2. The van der Waals surface area contributed by atoms with E-state index in [4.69, 9.17) is 11.5 Å². The fourth-order valence-electron chi connectivity index (χ4n) is 7.09. The van der Waals surface area contributed by atoms with Crippen molar-refractivity contribution in [3.05, 3.63) is 0 Å².